The maximum absolute atomic E-state index is 11.7. The molecule has 0 aromatic rings. The quantitative estimate of drug-likeness (QED) is 0.701. The lowest BCUT2D eigenvalue weighted by atomic mass is 9.51. The van der Waals surface area contributed by atoms with E-state index < -0.39 is 16.8 Å². The van der Waals surface area contributed by atoms with E-state index in [9.17, 15) is 9.59 Å². The van der Waals surface area contributed by atoms with Crippen LogP contribution in [-0.2, 0) is 9.59 Å². The molecule has 4 nitrogen and oxygen atoms in total. The van der Waals surface area contributed by atoms with Gasteiger partial charge in [-0.1, -0.05) is 27.7 Å². The minimum Gasteiger partial charge on any atom is -0.480 e. The molecule has 2 N–H and O–H groups in total. The molecule has 0 aromatic carbocycles. The number of nitrogens with one attached hydrogen (secondary N) is 1. The molecule has 0 amide bonds. The molecule has 0 saturated heterocycles. The fourth-order valence-corrected chi connectivity index (χ4v) is 2.62. The molecule has 14 heavy (non-hydrogen) atoms. The van der Waals surface area contributed by atoms with Gasteiger partial charge in [0.1, 0.15) is 5.78 Å². The van der Waals surface area contributed by atoms with Crippen molar-refractivity contribution >= 4 is 11.8 Å². The van der Waals surface area contributed by atoms with E-state index in [0.29, 0.717) is 0 Å². The number of carboxylic acid groups (broad SMARTS) is 1. The van der Waals surface area contributed by atoms with Crippen molar-refractivity contribution in [3.8, 4) is 0 Å². The largest absolute Gasteiger partial charge is 0.480 e. The van der Waals surface area contributed by atoms with Gasteiger partial charge in [0, 0.05) is 16.9 Å². The van der Waals surface area contributed by atoms with E-state index in [1.54, 1.807) is 0 Å². The highest BCUT2D eigenvalue weighted by atomic mass is 16.4. The van der Waals surface area contributed by atoms with E-state index in [1.807, 2.05) is 27.7 Å². The first-order valence-electron chi connectivity index (χ1n) is 4.70. The van der Waals surface area contributed by atoms with Gasteiger partial charge in [-0.3, -0.25) is 9.59 Å². The van der Waals surface area contributed by atoms with Crippen molar-refractivity contribution in [3.05, 3.63) is 0 Å². The van der Waals surface area contributed by atoms with E-state index in [2.05, 4.69) is 5.32 Å². The van der Waals surface area contributed by atoms with Gasteiger partial charge in [-0.15, -0.1) is 0 Å². The monoisotopic (exact) mass is 199 g/mol. The number of hydrogen-bond donors (Lipinski definition) is 2. The number of ketones is 1. The van der Waals surface area contributed by atoms with E-state index in [4.69, 9.17) is 5.11 Å². The summed E-state index contributed by atoms with van der Waals surface area (Å²) in [6.45, 7) is 7.30. The fourth-order valence-electron chi connectivity index (χ4n) is 2.62. The summed E-state index contributed by atoms with van der Waals surface area (Å²) in [4.78, 5) is 22.1. The predicted octanol–water partition coefficient (Wildman–Crippen LogP) is 0.664. The molecule has 1 aliphatic rings. The first kappa shape index (κ1) is 11.2. The second-order valence-electron chi connectivity index (χ2n) is 4.98. The summed E-state index contributed by atoms with van der Waals surface area (Å²) in [5.74, 6) is -0.705. The smallest absolute Gasteiger partial charge is 0.317 e. The van der Waals surface area contributed by atoms with Gasteiger partial charge in [0.15, 0.2) is 0 Å². The van der Waals surface area contributed by atoms with Crippen LogP contribution in [-0.4, -0.2) is 29.4 Å². The minimum absolute atomic E-state index is 0.0569. The van der Waals surface area contributed by atoms with Crippen molar-refractivity contribution in [3.63, 3.8) is 0 Å². The molecule has 1 aliphatic carbocycles. The van der Waals surface area contributed by atoms with Crippen LogP contribution in [0.3, 0.4) is 0 Å². The molecule has 0 aliphatic heterocycles. The number of rotatable bonds is 3. The minimum atomic E-state index is -0.893. The molecule has 1 rings (SSSR count). The van der Waals surface area contributed by atoms with E-state index in [1.165, 1.54) is 0 Å². The van der Waals surface area contributed by atoms with Crippen molar-refractivity contribution in [2.24, 2.45) is 10.8 Å². The van der Waals surface area contributed by atoms with Crippen LogP contribution in [0, 0.1) is 10.8 Å². The zero-order valence-corrected chi connectivity index (χ0v) is 9.05. The number of carboxylic acids is 1. The second kappa shape index (κ2) is 3.05. The first-order valence-corrected chi connectivity index (χ1v) is 4.70. The van der Waals surface area contributed by atoms with Crippen molar-refractivity contribution in [1.82, 2.24) is 5.32 Å². The molecule has 0 bridgehead atoms. The lowest BCUT2D eigenvalue weighted by molar-refractivity contribution is -0.159. The van der Waals surface area contributed by atoms with Crippen LogP contribution in [0.2, 0.25) is 0 Å². The molecule has 1 saturated carbocycles. The topological polar surface area (TPSA) is 66.4 Å². The maximum atomic E-state index is 11.7. The Morgan fingerprint density at radius 3 is 2.14 bits per heavy atom. The molecular weight excluding hydrogens is 182 g/mol. The van der Waals surface area contributed by atoms with Gasteiger partial charge in [-0.05, 0) is 0 Å². The average molecular weight is 199 g/mol. The van der Waals surface area contributed by atoms with Crippen molar-refractivity contribution < 1.29 is 14.7 Å². The Balaban J connectivity index is 2.69. The van der Waals surface area contributed by atoms with Crippen LogP contribution in [0.1, 0.15) is 27.7 Å². The Labute approximate surface area is 83.7 Å². The summed E-state index contributed by atoms with van der Waals surface area (Å²) in [7, 11) is 0. The van der Waals surface area contributed by atoms with Gasteiger partial charge in [0.2, 0.25) is 0 Å². The zero-order chi connectivity index (χ0) is 11.1. The lowest BCUT2D eigenvalue weighted by Crippen LogP contribution is -2.70. The molecule has 0 atom stereocenters. The molecule has 0 radical (unpaired) electrons. The molecule has 0 heterocycles. The van der Waals surface area contributed by atoms with Gasteiger partial charge in [-0.2, -0.15) is 0 Å². The van der Waals surface area contributed by atoms with Crippen LogP contribution in [0.5, 0.6) is 0 Å². The molecule has 1 fully saturated rings. The molecular formula is C10H17NO3. The Kier molecular flexibility index (Phi) is 2.44. The molecule has 0 unspecified atom stereocenters. The van der Waals surface area contributed by atoms with Gasteiger partial charge in [0.05, 0.1) is 6.54 Å². The Hall–Kier alpha value is -0.900. The maximum Gasteiger partial charge on any atom is 0.317 e. The van der Waals surface area contributed by atoms with Gasteiger partial charge in [0.25, 0.3) is 0 Å². The third kappa shape index (κ3) is 1.43. The molecule has 0 spiro atoms. The highest BCUT2D eigenvalue weighted by Gasteiger charge is 2.61. The summed E-state index contributed by atoms with van der Waals surface area (Å²) < 4.78 is 0. The van der Waals surface area contributed by atoms with Crippen LogP contribution in [0.4, 0.5) is 0 Å². The standard InChI is InChI=1S/C10H17NO3/c1-9(2)7(11-5-6(12)13)10(3,4)8(9)14/h7,11H,5H2,1-4H3,(H,12,13). The van der Waals surface area contributed by atoms with Crippen LogP contribution >= 0.6 is 0 Å². The Morgan fingerprint density at radius 1 is 1.36 bits per heavy atom. The van der Waals surface area contributed by atoms with E-state index in [0.717, 1.165) is 0 Å². The van der Waals surface area contributed by atoms with Crippen LogP contribution in [0.15, 0.2) is 0 Å². The highest BCUT2D eigenvalue weighted by molar-refractivity contribution is 5.97. The van der Waals surface area contributed by atoms with Gasteiger partial charge >= 0.3 is 5.97 Å². The van der Waals surface area contributed by atoms with Gasteiger partial charge in [-0.25, -0.2) is 0 Å². The Bertz CT molecular complexity index is 263. The summed E-state index contributed by atoms with van der Waals surface area (Å²) in [5, 5.41) is 11.4. The molecule has 80 valence electrons. The number of carbonyl (C=O) groups excluding carboxylic acids is 1. The van der Waals surface area contributed by atoms with E-state index in [-0.39, 0.29) is 18.4 Å². The highest BCUT2D eigenvalue weighted by Crippen LogP contribution is 2.49. The van der Waals surface area contributed by atoms with Crippen molar-refractivity contribution in [2.75, 3.05) is 6.54 Å². The van der Waals surface area contributed by atoms with Crippen LogP contribution < -0.4 is 5.32 Å². The predicted molar refractivity (Wildman–Crippen MR) is 52.0 cm³/mol. The normalized spacial score (nSPS) is 24.4. The van der Waals surface area contributed by atoms with E-state index >= 15 is 0 Å². The lowest BCUT2D eigenvalue weighted by Gasteiger charge is -2.55. The Morgan fingerprint density at radius 2 is 1.79 bits per heavy atom. The van der Waals surface area contributed by atoms with Crippen LogP contribution in [0.25, 0.3) is 0 Å². The van der Waals surface area contributed by atoms with Crippen molar-refractivity contribution in [2.45, 2.75) is 33.7 Å². The van der Waals surface area contributed by atoms with Gasteiger partial charge < -0.3 is 10.4 Å². The first-order chi connectivity index (χ1) is 6.20. The molecule has 0 aromatic heterocycles. The average Bonchev–Trinajstić information content (AvgIpc) is 2.01. The number of hydrogen-bond acceptors (Lipinski definition) is 3. The number of carbonyl (C=O) groups is 2. The van der Waals surface area contributed by atoms with Crippen molar-refractivity contribution in [1.29, 1.82) is 0 Å². The third-order valence-electron chi connectivity index (χ3n) is 3.07. The number of aliphatic carboxylic acids is 1. The number of Topliss-reactive ketones (excluding diaryl/α,β-unsaturated/α-hetero) is 1. The molecule has 4 heteroatoms. The summed E-state index contributed by atoms with van der Waals surface area (Å²) >= 11 is 0. The summed E-state index contributed by atoms with van der Waals surface area (Å²) in [6, 6.07) is -0.0569. The third-order valence-corrected chi connectivity index (χ3v) is 3.07. The SMILES string of the molecule is CC1(C)C(=O)C(C)(C)C1NCC(=O)O. The zero-order valence-electron chi connectivity index (χ0n) is 9.05. The second-order valence-corrected chi connectivity index (χ2v) is 4.98. The summed E-state index contributed by atoms with van der Waals surface area (Å²) in [5.41, 5.74) is -0.891. The summed E-state index contributed by atoms with van der Waals surface area (Å²) in [6.07, 6.45) is 0. The fraction of sp³-hybridized carbons (Fsp3) is 0.800.